The summed E-state index contributed by atoms with van der Waals surface area (Å²) in [6, 6.07) is 12.9. The van der Waals surface area contributed by atoms with Crippen molar-refractivity contribution in [3.8, 4) is 17.6 Å². The van der Waals surface area contributed by atoms with Gasteiger partial charge in [-0.05, 0) is 98.9 Å². The molecular weight excluding hydrogens is 564 g/mol. The van der Waals surface area contributed by atoms with Gasteiger partial charge in [-0.15, -0.1) is 10.2 Å². The van der Waals surface area contributed by atoms with Crippen LogP contribution in [0.15, 0.2) is 54.9 Å². The summed E-state index contributed by atoms with van der Waals surface area (Å²) in [4.78, 5) is 34.7. The zero-order valence-electron chi connectivity index (χ0n) is 25.9. The van der Waals surface area contributed by atoms with Crippen LogP contribution in [0.3, 0.4) is 0 Å². The highest BCUT2D eigenvalue weighted by Crippen LogP contribution is 2.59. The number of carbonyl (C=O) groups excluding carboxylic acids is 2. The average Bonchev–Trinajstić information content (AvgIpc) is 3.06. The Labute approximate surface area is 264 Å². The van der Waals surface area contributed by atoms with Crippen LogP contribution in [0.4, 0.5) is 5.82 Å². The number of hydrogen-bond donors (Lipinski definition) is 1. The number of benzene rings is 1. The minimum Gasteiger partial charge on any atom is -0.492 e. The van der Waals surface area contributed by atoms with Crippen molar-refractivity contribution in [2.45, 2.75) is 45.4 Å². The van der Waals surface area contributed by atoms with Crippen LogP contribution in [0.5, 0.6) is 5.75 Å². The third kappa shape index (κ3) is 6.37. The first-order chi connectivity index (χ1) is 22.0. The lowest BCUT2D eigenvalue weighted by Crippen LogP contribution is -2.51. The van der Waals surface area contributed by atoms with Crippen LogP contribution in [0.1, 0.15) is 77.4 Å². The predicted molar refractivity (Wildman–Crippen MR) is 171 cm³/mol. The highest BCUT2D eigenvalue weighted by atomic mass is 16.5. The number of nitrogens with one attached hydrogen (secondary N) is 1. The molecule has 0 unspecified atom stereocenters. The van der Waals surface area contributed by atoms with E-state index in [1.54, 1.807) is 18.5 Å². The van der Waals surface area contributed by atoms with Gasteiger partial charge in [-0.2, -0.15) is 0 Å². The van der Waals surface area contributed by atoms with E-state index in [2.05, 4.69) is 37.2 Å². The van der Waals surface area contributed by atoms with Crippen LogP contribution in [-0.2, 0) is 0 Å². The largest absolute Gasteiger partial charge is 0.492 e. The molecule has 0 atom stereocenters. The number of ether oxygens (including phenoxy) is 1. The van der Waals surface area contributed by atoms with Gasteiger partial charge in [0.05, 0.1) is 18.4 Å². The standard InChI is InChI=1S/C36H40N6O3/c1-2-45-30-18-25(22-37-23-30)7-8-29-5-3-4-6-31(29)35(44)42-13-11-41(12-14-42)33-10-9-32(39-40-33)34(43)38-24-36-19-26-15-27(20-36)17-28(16-26)21-36/h3-6,9-10,18,22-23,26-28H,2,11-17,19-21,24H2,1H3,(H,38,43). The highest BCUT2D eigenvalue weighted by Gasteiger charge is 2.50. The fourth-order valence-corrected chi connectivity index (χ4v) is 8.44. The molecular formula is C36H40N6O3. The molecule has 1 aliphatic heterocycles. The summed E-state index contributed by atoms with van der Waals surface area (Å²) in [6.45, 7) is 5.59. The Morgan fingerprint density at radius 1 is 0.933 bits per heavy atom. The van der Waals surface area contributed by atoms with Gasteiger partial charge in [-0.25, -0.2) is 0 Å². The number of rotatable bonds is 7. The van der Waals surface area contributed by atoms with E-state index in [1.165, 1.54) is 38.5 Å². The minimum absolute atomic E-state index is 0.0436. The van der Waals surface area contributed by atoms with Crippen LogP contribution in [0.25, 0.3) is 0 Å². The molecule has 5 fully saturated rings. The summed E-state index contributed by atoms with van der Waals surface area (Å²) in [5.41, 5.74) is 2.62. The van der Waals surface area contributed by atoms with Crippen molar-refractivity contribution in [3.63, 3.8) is 0 Å². The summed E-state index contributed by atoms with van der Waals surface area (Å²) in [6.07, 6.45) is 11.3. The van der Waals surface area contributed by atoms with Crippen molar-refractivity contribution in [2.75, 3.05) is 44.2 Å². The number of hydrogen-bond acceptors (Lipinski definition) is 7. The zero-order chi connectivity index (χ0) is 30.8. The van der Waals surface area contributed by atoms with E-state index in [0.29, 0.717) is 61.2 Å². The van der Waals surface area contributed by atoms with Crippen LogP contribution in [-0.4, -0.2) is 71.2 Å². The first-order valence-corrected chi connectivity index (χ1v) is 16.3. The third-order valence-corrected chi connectivity index (χ3v) is 10.1. The monoisotopic (exact) mass is 604 g/mol. The maximum absolute atomic E-state index is 13.5. The summed E-state index contributed by atoms with van der Waals surface area (Å²) in [5.74, 6) is 10.1. The van der Waals surface area contributed by atoms with Gasteiger partial charge in [-0.1, -0.05) is 24.0 Å². The van der Waals surface area contributed by atoms with Gasteiger partial charge in [-0.3, -0.25) is 14.6 Å². The lowest BCUT2D eigenvalue weighted by atomic mass is 9.49. The van der Waals surface area contributed by atoms with Crippen LogP contribution < -0.4 is 15.0 Å². The normalized spacial score (nSPS) is 25.0. The first-order valence-electron chi connectivity index (χ1n) is 16.3. The number of piperazine rings is 1. The molecule has 0 spiro atoms. The predicted octanol–water partition coefficient (Wildman–Crippen LogP) is 4.58. The van der Waals surface area contributed by atoms with Crippen LogP contribution >= 0.6 is 0 Å². The molecule has 1 saturated heterocycles. The number of amides is 2. The molecule has 3 heterocycles. The van der Waals surface area contributed by atoms with Crippen molar-refractivity contribution >= 4 is 17.6 Å². The molecule has 2 amide bonds. The Balaban J connectivity index is 0.936. The lowest BCUT2D eigenvalue weighted by molar-refractivity contribution is -0.0503. The van der Waals surface area contributed by atoms with Crippen molar-refractivity contribution in [3.05, 3.63) is 77.2 Å². The van der Waals surface area contributed by atoms with Gasteiger partial charge in [0.1, 0.15) is 5.75 Å². The maximum Gasteiger partial charge on any atom is 0.271 e. The molecule has 2 aromatic heterocycles. The quantitative estimate of drug-likeness (QED) is 0.394. The fraction of sp³-hybridized carbons (Fsp3) is 0.472. The molecule has 9 nitrogen and oxygen atoms in total. The smallest absolute Gasteiger partial charge is 0.271 e. The lowest BCUT2D eigenvalue weighted by Gasteiger charge is -2.56. The summed E-state index contributed by atoms with van der Waals surface area (Å²) in [7, 11) is 0. The molecule has 1 N–H and O–H groups in total. The molecule has 45 heavy (non-hydrogen) atoms. The van der Waals surface area contributed by atoms with E-state index in [9.17, 15) is 9.59 Å². The zero-order valence-corrected chi connectivity index (χ0v) is 25.9. The summed E-state index contributed by atoms with van der Waals surface area (Å²) in [5, 5.41) is 11.9. The van der Waals surface area contributed by atoms with E-state index in [1.807, 2.05) is 48.2 Å². The Morgan fingerprint density at radius 3 is 2.36 bits per heavy atom. The Bertz CT molecular complexity index is 1580. The second kappa shape index (κ2) is 12.5. The first kappa shape index (κ1) is 29.3. The number of aromatic nitrogens is 3. The van der Waals surface area contributed by atoms with E-state index >= 15 is 0 Å². The molecule has 0 radical (unpaired) electrons. The Hall–Kier alpha value is -4.45. The van der Waals surface area contributed by atoms with Gasteiger partial charge < -0.3 is 19.9 Å². The molecule has 1 aromatic carbocycles. The maximum atomic E-state index is 13.5. The molecule has 4 bridgehead atoms. The van der Waals surface area contributed by atoms with Crippen molar-refractivity contribution in [1.82, 2.24) is 25.4 Å². The summed E-state index contributed by atoms with van der Waals surface area (Å²) >= 11 is 0. The van der Waals surface area contributed by atoms with Gasteiger partial charge >= 0.3 is 0 Å². The topological polar surface area (TPSA) is 101 Å². The van der Waals surface area contributed by atoms with Crippen LogP contribution in [0, 0.1) is 35.0 Å². The van der Waals surface area contributed by atoms with Crippen LogP contribution in [0.2, 0.25) is 0 Å². The molecule has 5 aliphatic rings. The third-order valence-electron chi connectivity index (χ3n) is 10.1. The van der Waals surface area contributed by atoms with E-state index < -0.39 is 0 Å². The van der Waals surface area contributed by atoms with Gasteiger partial charge in [0.15, 0.2) is 11.5 Å². The minimum atomic E-state index is -0.139. The molecule has 232 valence electrons. The van der Waals surface area contributed by atoms with E-state index in [4.69, 9.17) is 4.74 Å². The second-order valence-electron chi connectivity index (χ2n) is 13.3. The second-order valence-corrected chi connectivity index (χ2v) is 13.3. The Morgan fingerprint density at radius 2 is 1.67 bits per heavy atom. The molecule has 4 saturated carbocycles. The van der Waals surface area contributed by atoms with Gasteiger partial charge in [0, 0.05) is 50.0 Å². The number of anilines is 1. The number of pyridine rings is 1. The molecule has 4 aliphatic carbocycles. The fourth-order valence-electron chi connectivity index (χ4n) is 8.44. The Kier molecular flexibility index (Phi) is 8.14. The number of carbonyl (C=O) groups is 2. The SMILES string of the molecule is CCOc1cncc(C#Cc2ccccc2C(=O)N2CCN(c3ccc(C(=O)NCC45CC6CC(CC(C6)C4)C5)nn3)CC2)c1. The van der Waals surface area contributed by atoms with E-state index in [0.717, 1.165) is 29.9 Å². The molecule has 3 aromatic rings. The van der Waals surface area contributed by atoms with Gasteiger partial charge in [0.25, 0.3) is 11.8 Å². The molecule has 8 rings (SSSR count). The van der Waals surface area contributed by atoms with Crippen molar-refractivity contribution in [1.29, 1.82) is 0 Å². The highest BCUT2D eigenvalue weighted by molar-refractivity contribution is 5.97. The van der Waals surface area contributed by atoms with Gasteiger partial charge in [0.2, 0.25) is 0 Å². The summed E-state index contributed by atoms with van der Waals surface area (Å²) < 4.78 is 5.52. The van der Waals surface area contributed by atoms with Crippen molar-refractivity contribution < 1.29 is 14.3 Å². The van der Waals surface area contributed by atoms with E-state index in [-0.39, 0.29) is 17.2 Å². The molecule has 9 heteroatoms. The number of nitrogens with zero attached hydrogens (tertiary/aromatic N) is 5. The van der Waals surface area contributed by atoms with Crippen molar-refractivity contribution in [2.24, 2.45) is 23.2 Å². The average molecular weight is 605 g/mol.